The lowest BCUT2D eigenvalue weighted by Gasteiger charge is -2.06. The lowest BCUT2D eigenvalue weighted by atomic mass is 10.2. The average molecular weight is 429 g/mol. The van der Waals surface area contributed by atoms with E-state index in [1.54, 1.807) is 35.9 Å². The summed E-state index contributed by atoms with van der Waals surface area (Å²) in [5.41, 5.74) is 0.904. The molecule has 3 nitrogen and oxygen atoms in total. The number of halogens is 4. The Balaban J connectivity index is 2.10. The zero-order valence-electron chi connectivity index (χ0n) is 11.3. The second-order valence-electron chi connectivity index (χ2n) is 4.66. The van der Waals surface area contributed by atoms with Gasteiger partial charge < -0.3 is 4.57 Å². The van der Waals surface area contributed by atoms with Crippen LogP contribution in [0.5, 0.6) is 0 Å². The molecule has 0 aliphatic heterocycles. The molecule has 0 fully saturated rings. The third kappa shape index (κ3) is 2.70. The Morgan fingerprint density at radius 1 is 0.909 bits per heavy atom. The van der Waals surface area contributed by atoms with Gasteiger partial charge in [0.05, 0.1) is 10.0 Å². The van der Waals surface area contributed by atoms with E-state index in [1.165, 1.54) is 12.1 Å². The highest BCUT2D eigenvalue weighted by Crippen LogP contribution is 2.28. The Morgan fingerprint density at radius 2 is 1.64 bits per heavy atom. The van der Waals surface area contributed by atoms with Crippen LogP contribution in [0.15, 0.2) is 45.3 Å². The van der Waals surface area contributed by atoms with Crippen molar-refractivity contribution >= 4 is 31.9 Å². The first-order valence-electron chi connectivity index (χ1n) is 6.27. The Labute approximate surface area is 142 Å². The van der Waals surface area contributed by atoms with Crippen molar-refractivity contribution in [1.82, 2.24) is 14.8 Å². The molecule has 3 rings (SSSR count). The quantitative estimate of drug-likeness (QED) is 0.578. The number of benzene rings is 2. The van der Waals surface area contributed by atoms with Crippen LogP contribution in [0, 0.1) is 11.6 Å². The highest BCUT2D eigenvalue weighted by atomic mass is 79.9. The fraction of sp³-hybridized carbons (Fsp3) is 0.0667. The summed E-state index contributed by atoms with van der Waals surface area (Å²) in [6, 6.07) is 9.39. The zero-order valence-corrected chi connectivity index (χ0v) is 14.5. The lowest BCUT2D eigenvalue weighted by Crippen LogP contribution is -1.98. The summed E-state index contributed by atoms with van der Waals surface area (Å²) in [4.78, 5) is 0. The van der Waals surface area contributed by atoms with E-state index in [-0.39, 0.29) is 0 Å². The standard InChI is InChI=1S/C15H9Br2F2N3/c1-22-14(8-2-5-11(17)13(19)6-8)20-21-15(22)10-4-3-9(16)7-12(10)18/h2-7H,1H3. The van der Waals surface area contributed by atoms with Gasteiger partial charge in [0.25, 0.3) is 0 Å². The molecule has 0 radical (unpaired) electrons. The molecule has 0 atom stereocenters. The van der Waals surface area contributed by atoms with Gasteiger partial charge in [-0.2, -0.15) is 0 Å². The molecule has 0 bridgehead atoms. The topological polar surface area (TPSA) is 30.7 Å². The largest absolute Gasteiger partial charge is 0.310 e. The van der Waals surface area contributed by atoms with Crippen LogP contribution in [0.3, 0.4) is 0 Å². The maximum atomic E-state index is 14.1. The van der Waals surface area contributed by atoms with E-state index in [1.807, 2.05) is 0 Å². The van der Waals surface area contributed by atoms with Gasteiger partial charge in [-0.3, -0.25) is 0 Å². The van der Waals surface area contributed by atoms with Gasteiger partial charge in [-0.15, -0.1) is 10.2 Å². The summed E-state index contributed by atoms with van der Waals surface area (Å²) < 4.78 is 30.4. The lowest BCUT2D eigenvalue weighted by molar-refractivity contribution is 0.621. The molecule has 0 saturated carbocycles. The maximum absolute atomic E-state index is 14.1. The fourth-order valence-electron chi connectivity index (χ4n) is 2.12. The minimum absolute atomic E-state index is 0.335. The summed E-state index contributed by atoms with van der Waals surface area (Å²) in [7, 11) is 1.71. The molecular weight excluding hydrogens is 420 g/mol. The van der Waals surface area contributed by atoms with Crippen molar-refractivity contribution in [1.29, 1.82) is 0 Å². The van der Waals surface area contributed by atoms with E-state index in [9.17, 15) is 8.78 Å². The third-order valence-corrected chi connectivity index (χ3v) is 4.36. The Morgan fingerprint density at radius 3 is 2.32 bits per heavy atom. The summed E-state index contributed by atoms with van der Waals surface area (Å²) in [5.74, 6) is 0.0438. The van der Waals surface area contributed by atoms with Gasteiger partial charge in [0, 0.05) is 17.1 Å². The van der Waals surface area contributed by atoms with Crippen molar-refractivity contribution < 1.29 is 8.78 Å². The number of nitrogens with zero attached hydrogens (tertiary/aromatic N) is 3. The monoisotopic (exact) mass is 427 g/mol. The summed E-state index contributed by atoms with van der Waals surface area (Å²) in [6.07, 6.45) is 0. The summed E-state index contributed by atoms with van der Waals surface area (Å²) in [5, 5.41) is 8.08. The molecule has 7 heteroatoms. The van der Waals surface area contributed by atoms with Gasteiger partial charge in [-0.05, 0) is 52.3 Å². The van der Waals surface area contributed by atoms with Crippen LogP contribution in [0.2, 0.25) is 0 Å². The average Bonchev–Trinajstić information content (AvgIpc) is 2.84. The second-order valence-corrected chi connectivity index (χ2v) is 6.43. The first kappa shape index (κ1) is 15.3. The number of rotatable bonds is 2. The molecule has 112 valence electrons. The maximum Gasteiger partial charge on any atom is 0.166 e. The predicted molar refractivity (Wildman–Crippen MR) is 87.2 cm³/mol. The van der Waals surface area contributed by atoms with Crippen LogP contribution in [-0.2, 0) is 7.05 Å². The van der Waals surface area contributed by atoms with Gasteiger partial charge in [0.1, 0.15) is 11.6 Å². The summed E-state index contributed by atoms with van der Waals surface area (Å²) >= 11 is 6.32. The molecule has 0 aliphatic rings. The minimum atomic E-state index is -0.404. The van der Waals surface area contributed by atoms with E-state index in [4.69, 9.17) is 0 Å². The molecule has 2 aromatic carbocycles. The van der Waals surface area contributed by atoms with Crippen LogP contribution in [0.4, 0.5) is 8.78 Å². The third-order valence-electron chi connectivity index (χ3n) is 3.22. The highest BCUT2D eigenvalue weighted by molar-refractivity contribution is 9.10. The molecule has 0 N–H and O–H groups in total. The number of hydrogen-bond acceptors (Lipinski definition) is 2. The molecule has 3 aromatic rings. The number of aromatic nitrogens is 3. The fourth-order valence-corrected chi connectivity index (χ4v) is 2.70. The first-order chi connectivity index (χ1) is 10.5. The molecule has 0 aliphatic carbocycles. The predicted octanol–water partition coefficient (Wildman–Crippen LogP) is 4.95. The van der Waals surface area contributed by atoms with Gasteiger partial charge in [-0.1, -0.05) is 15.9 Å². The molecule has 1 heterocycles. The highest BCUT2D eigenvalue weighted by Gasteiger charge is 2.16. The van der Waals surface area contributed by atoms with Crippen molar-refractivity contribution in [2.45, 2.75) is 0 Å². The molecule has 0 saturated heterocycles. The molecule has 22 heavy (non-hydrogen) atoms. The molecule has 0 amide bonds. The van der Waals surface area contributed by atoms with E-state index in [0.717, 1.165) is 0 Å². The van der Waals surface area contributed by atoms with E-state index < -0.39 is 11.6 Å². The van der Waals surface area contributed by atoms with Crippen molar-refractivity contribution in [3.8, 4) is 22.8 Å². The summed E-state index contributed by atoms with van der Waals surface area (Å²) in [6.45, 7) is 0. The Bertz CT molecular complexity index is 862. The molecule has 1 aromatic heterocycles. The van der Waals surface area contributed by atoms with E-state index >= 15 is 0 Å². The van der Waals surface area contributed by atoms with Crippen LogP contribution in [0.1, 0.15) is 0 Å². The normalized spacial score (nSPS) is 11.0. The van der Waals surface area contributed by atoms with Crippen molar-refractivity contribution in [2.24, 2.45) is 7.05 Å². The van der Waals surface area contributed by atoms with Crippen molar-refractivity contribution in [2.75, 3.05) is 0 Å². The van der Waals surface area contributed by atoms with Crippen molar-refractivity contribution in [3.05, 3.63) is 57.0 Å². The SMILES string of the molecule is Cn1c(-c2ccc(Br)c(F)c2)nnc1-c1ccc(Br)cc1F. The minimum Gasteiger partial charge on any atom is -0.310 e. The number of hydrogen-bond donors (Lipinski definition) is 0. The Kier molecular flexibility index (Phi) is 4.10. The molecule has 0 unspecified atom stereocenters. The van der Waals surface area contributed by atoms with Gasteiger partial charge in [0.2, 0.25) is 0 Å². The van der Waals surface area contributed by atoms with Gasteiger partial charge in [0.15, 0.2) is 11.6 Å². The van der Waals surface area contributed by atoms with Crippen LogP contribution >= 0.6 is 31.9 Å². The molecule has 0 spiro atoms. The van der Waals surface area contributed by atoms with Crippen LogP contribution in [0.25, 0.3) is 22.8 Å². The van der Waals surface area contributed by atoms with Crippen LogP contribution in [-0.4, -0.2) is 14.8 Å². The molecular formula is C15H9Br2F2N3. The van der Waals surface area contributed by atoms with E-state index in [0.29, 0.717) is 31.7 Å². The first-order valence-corrected chi connectivity index (χ1v) is 7.86. The van der Waals surface area contributed by atoms with Crippen molar-refractivity contribution in [3.63, 3.8) is 0 Å². The van der Waals surface area contributed by atoms with Gasteiger partial charge >= 0.3 is 0 Å². The smallest absolute Gasteiger partial charge is 0.166 e. The van der Waals surface area contributed by atoms with Gasteiger partial charge in [-0.25, -0.2) is 8.78 Å². The van der Waals surface area contributed by atoms with Crippen LogP contribution < -0.4 is 0 Å². The zero-order chi connectivity index (χ0) is 15.9. The Hall–Kier alpha value is -1.60. The second kappa shape index (κ2) is 5.89. The van der Waals surface area contributed by atoms with E-state index in [2.05, 4.69) is 42.1 Å².